The summed E-state index contributed by atoms with van der Waals surface area (Å²) in [4.78, 5) is 0. The van der Waals surface area contributed by atoms with Crippen LogP contribution in [0.5, 0.6) is 0 Å². The molecular weight excluding hydrogens is 248 g/mol. The number of rotatable bonds is 3. The lowest BCUT2D eigenvalue weighted by Gasteiger charge is -2.29. The van der Waals surface area contributed by atoms with Crippen LogP contribution in [0.2, 0.25) is 0 Å². The summed E-state index contributed by atoms with van der Waals surface area (Å²) in [6, 6.07) is 19.8. The van der Waals surface area contributed by atoms with Crippen LogP contribution in [0.4, 0.5) is 0 Å². The average Bonchev–Trinajstić information content (AvgIpc) is 2.91. The molecule has 1 unspecified atom stereocenters. The van der Waals surface area contributed by atoms with E-state index in [-0.39, 0.29) is 0 Å². The van der Waals surface area contributed by atoms with Crippen molar-refractivity contribution in [3.8, 4) is 0 Å². The molecule has 0 spiro atoms. The molecule has 3 aromatic rings. The molecule has 0 saturated heterocycles. The minimum Gasteiger partial charge on any atom is -0.458 e. The Labute approximate surface area is 118 Å². The maximum Gasteiger partial charge on any atom is 0.134 e. The van der Waals surface area contributed by atoms with Crippen molar-refractivity contribution >= 4 is 11.0 Å². The SMILES string of the molecule is CC(C)(c1ccccc1)C(O)c1cc2ccccc2o1. The second-order valence-electron chi connectivity index (χ2n) is 5.68. The van der Waals surface area contributed by atoms with E-state index in [1.54, 1.807) is 0 Å². The molecule has 0 fully saturated rings. The first-order valence-corrected chi connectivity index (χ1v) is 6.81. The third-order valence-electron chi connectivity index (χ3n) is 3.92. The molecule has 3 rings (SSSR count). The molecule has 0 bridgehead atoms. The Morgan fingerprint density at radius 1 is 0.950 bits per heavy atom. The van der Waals surface area contributed by atoms with Crippen molar-refractivity contribution in [1.29, 1.82) is 0 Å². The first-order valence-electron chi connectivity index (χ1n) is 6.81. The van der Waals surface area contributed by atoms with Crippen molar-refractivity contribution < 1.29 is 9.52 Å². The van der Waals surface area contributed by atoms with Gasteiger partial charge in [-0.3, -0.25) is 0 Å². The second-order valence-corrected chi connectivity index (χ2v) is 5.68. The number of aliphatic hydroxyl groups excluding tert-OH is 1. The Morgan fingerprint density at radius 2 is 1.60 bits per heavy atom. The zero-order valence-corrected chi connectivity index (χ0v) is 11.7. The summed E-state index contributed by atoms with van der Waals surface area (Å²) in [5.74, 6) is 0.611. The van der Waals surface area contributed by atoms with Gasteiger partial charge in [-0.25, -0.2) is 0 Å². The lowest BCUT2D eigenvalue weighted by molar-refractivity contribution is 0.0800. The number of fused-ring (bicyclic) bond motifs is 1. The first-order chi connectivity index (χ1) is 9.59. The van der Waals surface area contributed by atoms with E-state index in [0.29, 0.717) is 5.76 Å². The molecule has 0 aliphatic rings. The van der Waals surface area contributed by atoms with Crippen LogP contribution < -0.4 is 0 Å². The van der Waals surface area contributed by atoms with Crippen LogP contribution in [0.15, 0.2) is 65.1 Å². The molecule has 2 heteroatoms. The summed E-state index contributed by atoms with van der Waals surface area (Å²) in [6.45, 7) is 4.06. The zero-order valence-electron chi connectivity index (χ0n) is 11.7. The molecule has 1 aromatic heterocycles. The lowest BCUT2D eigenvalue weighted by atomic mass is 9.78. The molecule has 0 aliphatic carbocycles. The van der Waals surface area contributed by atoms with E-state index < -0.39 is 11.5 Å². The highest BCUT2D eigenvalue weighted by atomic mass is 16.4. The van der Waals surface area contributed by atoms with E-state index >= 15 is 0 Å². The number of para-hydroxylation sites is 1. The van der Waals surface area contributed by atoms with Gasteiger partial charge in [0.2, 0.25) is 0 Å². The summed E-state index contributed by atoms with van der Waals surface area (Å²) in [6.07, 6.45) is -0.683. The minimum atomic E-state index is -0.683. The smallest absolute Gasteiger partial charge is 0.134 e. The first kappa shape index (κ1) is 12.9. The fourth-order valence-electron chi connectivity index (χ4n) is 2.52. The fraction of sp³-hybridized carbons (Fsp3) is 0.222. The molecule has 1 N–H and O–H groups in total. The van der Waals surface area contributed by atoms with Crippen LogP contribution >= 0.6 is 0 Å². The molecule has 2 nitrogen and oxygen atoms in total. The van der Waals surface area contributed by atoms with E-state index in [9.17, 15) is 5.11 Å². The normalized spacial score (nSPS) is 13.6. The van der Waals surface area contributed by atoms with E-state index in [1.807, 2.05) is 74.5 Å². The number of benzene rings is 2. The number of hydrogen-bond donors (Lipinski definition) is 1. The molecule has 1 atom stereocenters. The van der Waals surface area contributed by atoms with Gasteiger partial charge < -0.3 is 9.52 Å². The van der Waals surface area contributed by atoms with Crippen molar-refractivity contribution in [2.45, 2.75) is 25.4 Å². The van der Waals surface area contributed by atoms with Gasteiger partial charge in [0.25, 0.3) is 0 Å². The Morgan fingerprint density at radius 3 is 2.30 bits per heavy atom. The van der Waals surface area contributed by atoms with Crippen LogP contribution in [0.25, 0.3) is 11.0 Å². The highest BCUT2D eigenvalue weighted by Gasteiger charge is 2.33. The fourth-order valence-corrected chi connectivity index (χ4v) is 2.52. The zero-order chi connectivity index (χ0) is 14.2. The summed E-state index contributed by atoms with van der Waals surface area (Å²) in [5, 5.41) is 11.7. The highest BCUT2D eigenvalue weighted by molar-refractivity contribution is 5.77. The summed E-state index contributed by atoms with van der Waals surface area (Å²) < 4.78 is 5.79. The van der Waals surface area contributed by atoms with E-state index in [0.717, 1.165) is 16.5 Å². The van der Waals surface area contributed by atoms with Gasteiger partial charge in [0.15, 0.2) is 0 Å². The van der Waals surface area contributed by atoms with Crippen molar-refractivity contribution in [1.82, 2.24) is 0 Å². The molecule has 0 radical (unpaired) electrons. The molecule has 2 aromatic carbocycles. The van der Waals surface area contributed by atoms with Crippen molar-refractivity contribution in [2.24, 2.45) is 0 Å². The number of aliphatic hydroxyl groups is 1. The van der Waals surface area contributed by atoms with Gasteiger partial charge in [-0.2, -0.15) is 0 Å². The Hall–Kier alpha value is -2.06. The minimum absolute atomic E-state index is 0.408. The highest BCUT2D eigenvalue weighted by Crippen LogP contribution is 2.38. The molecule has 0 saturated carbocycles. The molecule has 102 valence electrons. The molecule has 0 aliphatic heterocycles. The van der Waals surface area contributed by atoms with Crippen LogP contribution in [0.1, 0.15) is 31.3 Å². The molecule has 20 heavy (non-hydrogen) atoms. The van der Waals surface area contributed by atoms with E-state index in [2.05, 4.69) is 0 Å². The van der Waals surface area contributed by atoms with Gasteiger partial charge in [0, 0.05) is 10.8 Å². The molecule has 0 amide bonds. The van der Waals surface area contributed by atoms with Gasteiger partial charge in [-0.1, -0.05) is 62.4 Å². The lowest BCUT2D eigenvalue weighted by Crippen LogP contribution is -2.26. The van der Waals surface area contributed by atoms with Crippen LogP contribution in [0.3, 0.4) is 0 Å². The van der Waals surface area contributed by atoms with Gasteiger partial charge in [0.05, 0.1) is 0 Å². The van der Waals surface area contributed by atoms with Crippen LogP contribution in [-0.4, -0.2) is 5.11 Å². The maximum absolute atomic E-state index is 10.7. The summed E-state index contributed by atoms with van der Waals surface area (Å²) in [5.41, 5.74) is 1.49. The van der Waals surface area contributed by atoms with Gasteiger partial charge >= 0.3 is 0 Å². The summed E-state index contributed by atoms with van der Waals surface area (Å²) >= 11 is 0. The van der Waals surface area contributed by atoms with Crippen molar-refractivity contribution in [2.75, 3.05) is 0 Å². The van der Waals surface area contributed by atoms with E-state index in [4.69, 9.17) is 4.42 Å². The van der Waals surface area contributed by atoms with E-state index in [1.165, 1.54) is 0 Å². The van der Waals surface area contributed by atoms with Crippen molar-refractivity contribution in [3.05, 3.63) is 72.0 Å². The van der Waals surface area contributed by atoms with Crippen LogP contribution in [-0.2, 0) is 5.41 Å². The van der Waals surface area contributed by atoms with Crippen molar-refractivity contribution in [3.63, 3.8) is 0 Å². The Bertz CT molecular complexity index is 677. The Kier molecular flexibility index (Phi) is 3.11. The third kappa shape index (κ3) is 2.12. The van der Waals surface area contributed by atoms with Gasteiger partial charge in [0.1, 0.15) is 17.4 Å². The van der Waals surface area contributed by atoms with Crippen LogP contribution in [0, 0.1) is 0 Å². The average molecular weight is 266 g/mol. The molecule has 1 heterocycles. The quantitative estimate of drug-likeness (QED) is 0.760. The number of hydrogen-bond acceptors (Lipinski definition) is 2. The summed E-state index contributed by atoms with van der Waals surface area (Å²) in [7, 11) is 0. The van der Waals surface area contributed by atoms with Gasteiger partial charge in [-0.15, -0.1) is 0 Å². The predicted molar refractivity (Wildman–Crippen MR) is 80.6 cm³/mol. The third-order valence-corrected chi connectivity index (χ3v) is 3.92. The maximum atomic E-state index is 10.7. The van der Waals surface area contributed by atoms with Gasteiger partial charge in [-0.05, 0) is 17.7 Å². The largest absolute Gasteiger partial charge is 0.458 e. The Balaban J connectivity index is 2.01. The monoisotopic (exact) mass is 266 g/mol. The second kappa shape index (κ2) is 4.80. The number of furan rings is 1. The standard InChI is InChI=1S/C18H18O2/c1-18(2,14-9-4-3-5-10-14)17(19)16-12-13-8-6-7-11-15(13)20-16/h3-12,17,19H,1-2H3. The molecular formula is C18H18O2. The topological polar surface area (TPSA) is 33.4 Å². The predicted octanol–water partition coefficient (Wildman–Crippen LogP) is 4.44.